The fourth-order valence-corrected chi connectivity index (χ4v) is 3.87. The van der Waals surface area contributed by atoms with Crippen LogP contribution in [0.2, 0.25) is 5.02 Å². The predicted octanol–water partition coefficient (Wildman–Crippen LogP) is 2.42. The van der Waals surface area contributed by atoms with Gasteiger partial charge < -0.3 is 14.8 Å². The molecule has 1 heterocycles. The molecule has 0 unspecified atom stereocenters. The van der Waals surface area contributed by atoms with Crippen LogP contribution in [0.25, 0.3) is 0 Å². The second-order valence-electron chi connectivity index (χ2n) is 6.14. The molecule has 154 valence electrons. The monoisotopic (exact) mass is 441 g/mol. The number of sulfonamides is 1. The van der Waals surface area contributed by atoms with Gasteiger partial charge in [0, 0.05) is 17.2 Å². The number of hydrogen-bond donors (Lipinski definition) is 1. The Labute approximate surface area is 171 Å². The quantitative estimate of drug-likeness (QED) is 0.557. The van der Waals surface area contributed by atoms with E-state index in [2.05, 4.69) is 5.32 Å². The first-order chi connectivity index (χ1) is 13.6. The highest BCUT2D eigenvalue weighted by atomic mass is 35.5. The van der Waals surface area contributed by atoms with Gasteiger partial charge in [-0.05, 0) is 24.3 Å². The number of carbonyl (C=O) groups excluding carboxylic acids is 1. The minimum absolute atomic E-state index is 0.0584. The average Bonchev–Trinajstić information content (AvgIpc) is 2.66. The molecule has 12 heteroatoms. The SMILES string of the molecule is COc1ccc([N+](=O)[O-])cc1NC(=O)[C@@H]1CN(S(C)(=O)=O)c2cc(Cl)ccc2O1. The Morgan fingerprint density at radius 2 is 2.07 bits per heavy atom. The molecule has 10 nitrogen and oxygen atoms in total. The molecular formula is C17H16ClN3O7S. The summed E-state index contributed by atoms with van der Waals surface area (Å²) in [5.41, 5.74) is 0.0310. The van der Waals surface area contributed by atoms with Crippen LogP contribution in [-0.4, -0.2) is 45.3 Å². The summed E-state index contributed by atoms with van der Waals surface area (Å²) in [6, 6.07) is 8.11. The van der Waals surface area contributed by atoms with Crippen LogP contribution >= 0.6 is 11.6 Å². The molecule has 1 aliphatic rings. The minimum atomic E-state index is -3.73. The van der Waals surface area contributed by atoms with Crippen molar-refractivity contribution in [1.29, 1.82) is 0 Å². The summed E-state index contributed by atoms with van der Waals surface area (Å²) in [4.78, 5) is 23.1. The number of benzene rings is 2. The van der Waals surface area contributed by atoms with Crippen LogP contribution in [0.1, 0.15) is 0 Å². The summed E-state index contributed by atoms with van der Waals surface area (Å²) < 4.78 is 36.2. The van der Waals surface area contributed by atoms with E-state index in [4.69, 9.17) is 21.1 Å². The Morgan fingerprint density at radius 3 is 2.69 bits per heavy atom. The minimum Gasteiger partial charge on any atom is -0.495 e. The van der Waals surface area contributed by atoms with Gasteiger partial charge in [0.05, 0.1) is 36.2 Å². The number of fused-ring (bicyclic) bond motifs is 1. The summed E-state index contributed by atoms with van der Waals surface area (Å²) in [6.45, 7) is -0.296. The number of nitrogens with zero attached hydrogens (tertiary/aromatic N) is 2. The maximum Gasteiger partial charge on any atom is 0.271 e. The zero-order valence-electron chi connectivity index (χ0n) is 15.3. The Kier molecular flexibility index (Phi) is 5.53. The largest absolute Gasteiger partial charge is 0.495 e. The standard InChI is InChI=1S/C17H16ClN3O7S/c1-27-14-6-4-11(21(23)24)8-12(14)19-17(22)16-9-20(29(2,25)26)13-7-10(18)3-5-15(13)28-16/h3-8,16H,9H2,1-2H3,(H,19,22)/t16-/m0/s1. The van der Waals surface area contributed by atoms with Crippen LogP contribution in [0, 0.1) is 10.1 Å². The van der Waals surface area contributed by atoms with E-state index in [1.807, 2.05) is 0 Å². The van der Waals surface area contributed by atoms with Gasteiger partial charge in [-0.3, -0.25) is 19.2 Å². The Bertz CT molecular complexity index is 1090. The van der Waals surface area contributed by atoms with E-state index in [0.29, 0.717) is 5.02 Å². The second-order valence-corrected chi connectivity index (χ2v) is 8.49. The number of amides is 1. The lowest BCUT2D eigenvalue weighted by Crippen LogP contribution is -2.48. The van der Waals surface area contributed by atoms with Gasteiger partial charge in [-0.25, -0.2) is 8.42 Å². The van der Waals surface area contributed by atoms with Crippen LogP contribution in [0.4, 0.5) is 17.1 Å². The number of methoxy groups -OCH3 is 1. The highest BCUT2D eigenvalue weighted by Crippen LogP contribution is 2.37. The topological polar surface area (TPSA) is 128 Å². The highest BCUT2D eigenvalue weighted by molar-refractivity contribution is 7.92. The van der Waals surface area contributed by atoms with Crippen molar-refractivity contribution >= 4 is 44.6 Å². The average molecular weight is 442 g/mol. The fraction of sp³-hybridized carbons (Fsp3) is 0.235. The van der Waals surface area contributed by atoms with Gasteiger partial charge in [-0.1, -0.05) is 11.6 Å². The van der Waals surface area contributed by atoms with Crippen LogP contribution in [0.15, 0.2) is 36.4 Å². The lowest BCUT2D eigenvalue weighted by molar-refractivity contribution is -0.384. The van der Waals surface area contributed by atoms with Crippen LogP contribution in [0.3, 0.4) is 0 Å². The van der Waals surface area contributed by atoms with Gasteiger partial charge in [0.25, 0.3) is 11.6 Å². The van der Waals surface area contributed by atoms with Gasteiger partial charge in [0.2, 0.25) is 10.0 Å². The first kappa shape index (κ1) is 20.7. The molecule has 0 aromatic heterocycles. The van der Waals surface area contributed by atoms with Gasteiger partial charge >= 0.3 is 0 Å². The number of hydrogen-bond acceptors (Lipinski definition) is 7. The maximum atomic E-state index is 12.8. The van der Waals surface area contributed by atoms with Crippen molar-refractivity contribution in [2.24, 2.45) is 0 Å². The zero-order chi connectivity index (χ0) is 21.3. The third-order valence-electron chi connectivity index (χ3n) is 4.14. The Hall–Kier alpha value is -3.05. The first-order valence-corrected chi connectivity index (χ1v) is 10.4. The molecule has 1 amide bonds. The van der Waals surface area contributed by atoms with Crippen molar-refractivity contribution in [1.82, 2.24) is 0 Å². The summed E-state index contributed by atoms with van der Waals surface area (Å²) in [7, 11) is -2.38. The molecule has 29 heavy (non-hydrogen) atoms. The molecule has 0 saturated heterocycles. The molecule has 0 saturated carbocycles. The summed E-state index contributed by atoms with van der Waals surface area (Å²) >= 11 is 5.95. The number of ether oxygens (including phenoxy) is 2. The first-order valence-electron chi connectivity index (χ1n) is 8.17. The molecule has 1 aliphatic heterocycles. The van der Waals surface area contributed by atoms with E-state index in [1.165, 1.54) is 37.4 Å². The molecule has 0 bridgehead atoms. The van der Waals surface area contributed by atoms with Crippen molar-refractivity contribution in [2.45, 2.75) is 6.10 Å². The third-order valence-corrected chi connectivity index (χ3v) is 5.52. The van der Waals surface area contributed by atoms with Gasteiger partial charge in [-0.15, -0.1) is 0 Å². The number of nitrogens with one attached hydrogen (secondary N) is 1. The molecule has 3 rings (SSSR count). The Balaban J connectivity index is 1.92. The van der Waals surface area contributed by atoms with E-state index in [0.717, 1.165) is 16.6 Å². The molecule has 0 radical (unpaired) electrons. The highest BCUT2D eigenvalue weighted by Gasteiger charge is 2.35. The molecular weight excluding hydrogens is 426 g/mol. The lowest BCUT2D eigenvalue weighted by Gasteiger charge is -2.34. The number of nitro benzene ring substituents is 1. The van der Waals surface area contributed by atoms with E-state index >= 15 is 0 Å². The smallest absolute Gasteiger partial charge is 0.271 e. The number of anilines is 2. The number of nitro groups is 1. The van der Waals surface area contributed by atoms with Crippen molar-refractivity contribution in [3.05, 3.63) is 51.5 Å². The summed E-state index contributed by atoms with van der Waals surface area (Å²) in [5, 5.41) is 13.8. The van der Waals surface area contributed by atoms with E-state index in [9.17, 15) is 23.3 Å². The van der Waals surface area contributed by atoms with Crippen LogP contribution < -0.4 is 19.1 Å². The number of rotatable bonds is 5. The lowest BCUT2D eigenvalue weighted by atomic mass is 10.2. The molecule has 1 atom stereocenters. The van der Waals surface area contributed by atoms with Gasteiger partial charge in [0.15, 0.2) is 6.10 Å². The predicted molar refractivity (Wildman–Crippen MR) is 106 cm³/mol. The normalized spacial score (nSPS) is 15.8. The Morgan fingerprint density at radius 1 is 1.34 bits per heavy atom. The zero-order valence-corrected chi connectivity index (χ0v) is 16.9. The second kappa shape index (κ2) is 7.76. The number of non-ortho nitro benzene ring substituents is 1. The molecule has 1 N–H and O–H groups in total. The fourth-order valence-electron chi connectivity index (χ4n) is 2.80. The van der Waals surface area contributed by atoms with Crippen LogP contribution in [0.5, 0.6) is 11.5 Å². The maximum absolute atomic E-state index is 12.8. The number of carbonyl (C=O) groups is 1. The van der Waals surface area contributed by atoms with Crippen molar-refractivity contribution < 1.29 is 27.6 Å². The van der Waals surface area contributed by atoms with E-state index in [1.54, 1.807) is 0 Å². The van der Waals surface area contributed by atoms with E-state index in [-0.39, 0.29) is 35.1 Å². The van der Waals surface area contributed by atoms with E-state index < -0.39 is 27.0 Å². The summed E-state index contributed by atoms with van der Waals surface area (Å²) in [5.74, 6) is -0.331. The number of halogens is 1. The third kappa shape index (κ3) is 4.35. The van der Waals surface area contributed by atoms with Crippen molar-refractivity contribution in [3.8, 4) is 11.5 Å². The molecule has 2 aromatic rings. The molecule has 2 aromatic carbocycles. The molecule has 0 spiro atoms. The van der Waals surface area contributed by atoms with Crippen molar-refractivity contribution in [2.75, 3.05) is 29.5 Å². The molecule has 0 fully saturated rings. The van der Waals surface area contributed by atoms with Crippen molar-refractivity contribution in [3.63, 3.8) is 0 Å². The van der Waals surface area contributed by atoms with Gasteiger partial charge in [0.1, 0.15) is 11.5 Å². The summed E-state index contributed by atoms with van der Waals surface area (Å²) in [6.07, 6.45) is -0.205. The van der Waals surface area contributed by atoms with Gasteiger partial charge in [-0.2, -0.15) is 0 Å². The molecule has 0 aliphatic carbocycles. The van der Waals surface area contributed by atoms with Crippen LogP contribution in [-0.2, 0) is 14.8 Å².